The van der Waals surface area contributed by atoms with Crippen LogP contribution < -0.4 is 0 Å². The average molecular weight is 262 g/mol. The summed E-state index contributed by atoms with van der Waals surface area (Å²) in [6.45, 7) is 4.20. The molecular formula is C13H26O3S. The summed E-state index contributed by atoms with van der Waals surface area (Å²) in [5.41, 5.74) is 0. The second-order valence-corrected chi connectivity index (χ2v) is 4.88. The highest BCUT2D eigenvalue weighted by atomic mass is 32.1. The topological polar surface area (TPSA) is 35.5 Å². The van der Waals surface area contributed by atoms with Crippen LogP contribution in [0.1, 0.15) is 58.8 Å². The summed E-state index contributed by atoms with van der Waals surface area (Å²) in [6, 6.07) is 0. The van der Waals surface area contributed by atoms with Gasteiger partial charge < -0.3 is 9.47 Å². The number of unbranched alkanes of at least 4 members (excludes halogenated alkanes) is 3. The second-order valence-electron chi connectivity index (χ2n) is 4.26. The number of esters is 1. The number of hydrogen-bond acceptors (Lipinski definition) is 4. The Balaban J connectivity index is 3.79. The third-order valence-corrected chi connectivity index (χ3v) is 3.11. The normalized spacial score (nSPS) is 14.4. The van der Waals surface area contributed by atoms with Gasteiger partial charge in [-0.25, -0.2) is 0 Å². The molecule has 0 fully saturated rings. The molecule has 0 heterocycles. The summed E-state index contributed by atoms with van der Waals surface area (Å²) in [5.74, 6) is -0.259. The molecule has 0 rings (SSSR count). The lowest BCUT2D eigenvalue weighted by Crippen LogP contribution is -2.26. The van der Waals surface area contributed by atoms with E-state index in [1.165, 1.54) is 12.8 Å². The van der Waals surface area contributed by atoms with E-state index in [1.807, 2.05) is 6.92 Å². The minimum Gasteiger partial charge on any atom is -0.435 e. The fraction of sp³-hybridized carbons (Fsp3) is 0.923. The number of carbonyl (C=O) groups is 1. The van der Waals surface area contributed by atoms with E-state index in [9.17, 15) is 4.79 Å². The van der Waals surface area contributed by atoms with Gasteiger partial charge in [-0.2, -0.15) is 12.6 Å². The minimum absolute atomic E-state index is 0.259. The van der Waals surface area contributed by atoms with Crippen LogP contribution in [0.25, 0.3) is 0 Å². The van der Waals surface area contributed by atoms with E-state index < -0.39 is 6.29 Å². The van der Waals surface area contributed by atoms with E-state index >= 15 is 0 Å². The van der Waals surface area contributed by atoms with Crippen molar-refractivity contribution in [2.75, 3.05) is 7.11 Å². The highest BCUT2D eigenvalue weighted by molar-refractivity contribution is 7.81. The molecule has 0 bridgehead atoms. The monoisotopic (exact) mass is 262 g/mol. The van der Waals surface area contributed by atoms with Gasteiger partial charge in [0.05, 0.1) is 5.25 Å². The Bertz CT molecular complexity index is 197. The largest absolute Gasteiger partial charge is 0.435 e. The molecule has 4 heteroatoms. The fourth-order valence-electron chi connectivity index (χ4n) is 1.55. The van der Waals surface area contributed by atoms with Crippen LogP contribution in [-0.2, 0) is 14.3 Å². The number of rotatable bonds is 10. The highest BCUT2D eigenvalue weighted by Gasteiger charge is 2.19. The predicted octanol–water partition coefficient (Wildman–Crippen LogP) is 3.57. The highest BCUT2D eigenvalue weighted by Crippen LogP contribution is 2.13. The smallest absolute Gasteiger partial charge is 0.321 e. The summed E-state index contributed by atoms with van der Waals surface area (Å²) >= 11 is 4.28. The van der Waals surface area contributed by atoms with Gasteiger partial charge in [0.15, 0.2) is 0 Å². The zero-order valence-electron chi connectivity index (χ0n) is 11.3. The number of methoxy groups -OCH3 is 1. The fourth-order valence-corrected chi connectivity index (χ4v) is 1.79. The van der Waals surface area contributed by atoms with Crippen molar-refractivity contribution in [1.82, 2.24) is 0 Å². The van der Waals surface area contributed by atoms with Crippen molar-refractivity contribution in [3.05, 3.63) is 0 Å². The first kappa shape index (κ1) is 16.8. The Morgan fingerprint density at radius 3 is 2.35 bits per heavy atom. The number of thiol groups is 1. The SMILES string of the molecule is CCCCCCC(S)C(=O)OC(CCC)OC. The lowest BCUT2D eigenvalue weighted by molar-refractivity contribution is -0.173. The van der Waals surface area contributed by atoms with E-state index in [0.717, 1.165) is 32.1 Å². The summed E-state index contributed by atoms with van der Waals surface area (Å²) < 4.78 is 10.3. The molecular weight excluding hydrogens is 236 g/mol. The van der Waals surface area contributed by atoms with Gasteiger partial charge in [-0.05, 0) is 6.42 Å². The molecule has 0 aromatic carbocycles. The zero-order valence-corrected chi connectivity index (χ0v) is 12.2. The Morgan fingerprint density at radius 1 is 1.12 bits per heavy atom. The molecule has 0 saturated carbocycles. The van der Waals surface area contributed by atoms with Gasteiger partial charge in [0.2, 0.25) is 6.29 Å². The molecule has 0 radical (unpaired) electrons. The number of hydrogen-bond donors (Lipinski definition) is 1. The van der Waals surface area contributed by atoms with Crippen LogP contribution in [0.5, 0.6) is 0 Å². The van der Waals surface area contributed by atoms with E-state index in [-0.39, 0.29) is 11.2 Å². The lowest BCUT2D eigenvalue weighted by atomic mass is 10.1. The first-order valence-electron chi connectivity index (χ1n) is 6.57. The Hall–Kier alpha value is -0.220. The van der Waals surface area contributed by atoms with Crippen LogP contribution >= 0.6 is 12.6 Å². The van der Waals surface area contributed by atoms with Crippen molar-refractivity contribution in [2.45, 2.75) is 70.3 Å². The van der Waals surface area contributed by atoms with Crippen LogP contribution in [0.3, 0.4) is 0 Å². The van der Waals surface area contributed by atoms with Crippen molar-refractivity contribution in [3.8, 4) is 0 Å². The van der Waals surface area contributed by atoms with Gasteiger partial charge >= 0.3 is 5.97 Å². The van der Waals surface area contributed by atoms with Crippen LogP contribution in [-0.4, -0.2) is 24.6 Å². The molecule has 0 spiro atoms. The standard InChI is InChI=1S/C13H26O3S/c1-4-6-7-8-10-11(17)13(14)16-12(15-3)9-5-2/h11-12,17H,4-10H2,1-3H3. The average Bonchev–Trinajstić information content (AvgIpc) is 2.33. The summed E-state index contributed by atoms with van der Waals surface area (Å²) in [7, 11) is 1.56. The maximum Gasteiger partial charge on any atom is 0.321 e. The Labute approximate surface area is 111 Å². The molecule has 0 aliphatic heterocycles. The minimum atomic E-state index is -0.419. The molecule has 2 unspecified atom stereocenters. The van der Waals surface area contributed by atoms with Crippen molar-refractivity contribution in [2.24, 2.45) is 0 Å². The van der Waals surface area contributed by atoms with E-state index in [4.69, 9.17) is 9.47 Å². The lowest BCUT2D eigenvalue weighted by Gasteiger charge is -2.17. The van der Waals surface area contributed by atoms with Crippen molar-refractivity contribution in [1.29, 1.82) is 0 Å². The molecule has 2 atom stereocenters. The maximum absolute atomic E-state index is 11.7. The quantitative estimate of drug-likeness (QED) is 0.283. The zero-order chi connectivity index (χ0) is 13.1. The third-order valence-electron chi connectivity index (χ3n) is 2.64. The Kier molecular flexibility index (Phi) is 10.8. The van der Waals surface area contributed by atoms with Crippen LogP contribution in [0, 0.1) is 0 Å². The van der Waals surface area contributed by atoms with Crippen molar-refractivity contribution < 1.29 is 14.3 Å². The molecule has 17 heavy (non-hydrogen) atoms. The summed E-state index contributed by atoms with van der Waals surface area (Å²) in [4.78, 5) is 11.7. The van der Waals surface area contributed by atoms with Crippen LogP contribution in [0.2, 0.25) is 0 Å². The summed E-state index contributed by atoms with van der Waals surface area (Å²) in [5, 5.41) is -0.318. The van der Waals surface area contributed by atoms with Gasteiger partial charge in [-0.3, -0.25) is 4.79 Å². The molecule has 3 nitrogen and oxygen atoms in total. The molecule has 0 aromatic heterocycles. The van der Waals surface area contributed by atoms with Crippen LogP contribution in [0.15, 0.2) is 0 Å². The molecule has 0 aliphatic rings. The van der Waals surface area contributed by atoms with E-state index in [0.29, 0.717) is 0 Å². The summed E-state index contributed by atoms with van der Waals surface area (Å²) in [6.07, 6.45) is 6.63. The van der Waals surface area contributed by atoms with Gasteiger partial charge in [-0.1, -0.05) is 46.0 Å². The van der Waals surface area contributed by atoms with E-state index in [1.54, 1.807) is 7.11 Å². The van der Waals surface area contributed by atoms with Crippen LogP contribution in [0.4, 0.5) is 0 Å². The first-order valence-corrected chi connectivity index (χ1v) is 7.08. The van der Waals surface area contributed by atoms with Gasteiger partial charge in [-0.15, -0.1) is 0 Å². The van der Waals surface area contributed by atoms with E-state index in [2.05, 4.69) is 19.6 Å². The van der Waals surface area contributed by atoms with Gasteiger partial charge in [0.1, 0.15) is 0 Å². The first-order chi connectivity index (χ1) is 8.15. The number of carbonyl (C=O) groups excluding carboxylic acids is 1. The number of ether oxygens (including phenoxy) is 2. The predicted molar refractivity (Wildman–Crippen MR) is 73.3 cm³/mol. The Morgan fingerprint density at radius 2 is 1.82 bits per heavy atom. The van der Waals surface area contributed by atoms with Crippen molar-refractivity contribution in [3.63, 3.8) is 0 Å². The second kappa shape index (κ2) is 10.9. The maximum atomic E-state index is 11.7. The van der Waals surface area contributed by atoms with Gasteiger partial charge in [0, 0.05) is 13.5 Å². The van der Waals surface area contributed by atoms with Gasteiger partial charge in [0.25, 0.3) is 0 Å². The molecule has 0 N–H and O–H groups in total. The molecule has 0 saturated heterocycles. The molecule has 0 aliphatic carbocycles. The third kappa shape index (κ3) is 8.50. The molecule has 0 aromatic rings. The molecule has 102 valence electrons. The van der Waals surface area contributed by atoms with Crippen molar-refractivity contribution >= 4 is 18.6 Å². The molecule has 0 amide bonds.